The Morgan fingerprint density at radius 3 is 2.24 bits per heavy atom. The fourth-order valence-electron chi connectivity index (χ4n) is 2.14. The van der Waals surface area contributed by atoms with E-state index in [1.165, 1.54) is 23.8 Å². The van der Waals surface area contributed by atoms with Gasteiger partial charge in [-0.15, -0.1) is 0 Å². The second kappa shape index (κ2) is 7.66. The Labute approximate surface area is 132 Å². The van der Waals surface area contributed by atoms with Crippen LogP contribution >= 0.6 is 15.9 Å². The van der Waals surface area contributed by atoms with Gasteiger partial charge in [-0.3, -0.25) is 0 Å². The number of benzene rings is 2. The van der Waals surface area contributed by atoms with Crippen molar-refractivity contribution in [2.75, 3.05) is 13.7 Å². The SMILES string of the molecule is COCCc1ccc(C(Br)Cc2c(F)cccc2F)cc1. The monoisotopic (exact) mass is 354 g/mol. The molecule has 21 heavy (non-hydrogen) atoms. The first-order chi connectivity index (χ1) is 10.1. The van der Waals surface area contributed by atoms with Crippen molar-refractivity contribution >= 4 is 15.9 Å². The largest absolute Gasteiger partial charge is 0.384 e. The molecule has 1 nitrogen and oxygen atoms in total. The normalized spacial score (nSPS) is 12.4. The zero-order valence-corrected chi connectivity index (χ0v) is 13.4. The predicted octanol–water partition coefficient (Wildman–Crippen LogP) is 4.83. The lowest BCUT2D eigenvalue weighted by atomic mass is 10.0. The number of methoxy groups -OCH3 is 1. The number of hydrogen-bond acceptors (Lipinski definition) is 1. The molecule has 0 spiro atoms. The van der Waals surface area contributed by atoms with E-state index in [0.29, 0.717) is 6.61 Å². The van der Waals surface area contributed by atoms with Crippen LogP contribution in [0.5, 0.6) is 0 Å². The Balaban J connectivity index is 2.08. The van der Waals surface area contributed by atoms with Crippen LogP contribution in [0.1, 0.15) is 21.5 Å². The Morgan fingerprint density at radius 1 is 1.05 bits per heavy atom. The van der Waals surface area contributed by atoms with E-state index in [-0.39, 0.29) is 16.8 Å². The number of halogens is 3. The van der Waals surface area contributed by atoms with Crippen LogP contribution in [0.4, 0.5) is 8.78 Å². The van der Waals surface area contributed by atoms with E-state index in [2.05, 4.69) is 15.9 Å². The second-order valence-electron chi connectivity index (χ2n) is 4.86. The molecule has 0 aliphatic heterocycles. The molecule has 0 saturated heterocycles. The van der Waals surface area contributed by atoms with Crippen LogP contribution in [0, 0.1) is 11.6 Å². The third-order valence-corrected chi connectivity index (χ3v) is 4.23. The Kier molecular flexibility index (Phi) is 5.88. The summed E-state index contributed by atoms with van der Waals surface area (Å²) in [7, 11) is 1.67. The minimum absolute atomic E-state index is 0.114. The summed E-state index contributed by atoms with van der Waals surface area (Å²) in [6, 6.07) is 11.9. The van der Waals surface area contributed by atoms with Gasteiger partial charge in [-0.25, -0.2) is 8.78 Å². The molecule has 0 amide bonds. The molecule has 1 atom stereocenters. The summed E-state index contributed by atoms with van der Waals surface area (Å²) in [5.74, 6) is -1.01. The molecule has 0 fully saturated rings. The maximum Gasteiger partial charge on any atom is 0.129 e. The highest BCUT2D eigenvalue weighted by Crippen LogP contribution is 2.29. The quantitative estimate of drug-likeness (QED) is 0.675. The van der Waals surface area contributed by atoms with Crippen LogP contribution < -0.4 is 0 Å². The number of rotatable bonds is 6. The van der Waals surface area contributed by atoms with Gasteiger partial charge in [-0.2, -0.15) is 0 Å². The average Bonchev–Trinajstić information content (AvgIpc) is 2.49. The van der Waals surface area contributed by atoms with E-state index in [4.69, 9.17) is 4.74 Å². The van der Waals surface area contributed by atoms with Crippen molar-refractivity contribution in [3.05, 3.63) is 70.8 Å². The van der Waals surface area contributed by atoms with Gasteiger partial charge < -0.3 is 4.74 Å². The average molecular weight is 355 g/mol. The summed E-state index contributed by atoms with van der Waals surface area (Å²) in [4.78, 5) is -0.125. The highest BCUT2D eigenvalue weighted by molar-refractivity contribution is 9.09. The highest BCUT2D eigenvalue weighted by atomic mass is 79.9. The van der Waals surface area contributed by atoms with E-state index in [1.807, 2.05) is 24.3 Å². The Hall–Kier alpha value is -1.26. The molecular weight excluding hydrogens is 338 g/mol. The van der Waals surface area contributed by atoms with Crippen LogP contribution in [0.25, 0.3) is 0 Å². The molecule has 0 aliphatic carbocycles. The van der Waals surface area contributed by atoms with Crippen molar-refractivity contribution in [1.82, 2.24) is 0 Å². The van der Waals surface area contributed by atoms with Crippen LogP contribution in [0.15, 0.2) is 42.5 Å². The maximum atomic E-state index is 13.7. The van der Waals surface area contributed by atoms with Gasteiger partial charge in [0.2, 0.25) is 0 Å². The van der Waals surface area contributed by atoms with Crippen molar-refractivity contribution < 1.29 is 13.5 Å². The minimum atomic E-state index is -0.504. The zero-order chi connectivity index (χ0) is 15.2. The summed E-state index contributed by atoms with van der Waals surface area (Å²) in [5.41, 5.74) is 2.29. The van der Waals surface area contributed by atoms with Crippen molar-refractivity contribution in [3.63, 3.8) is 0 Å². The molecule has 0 N–H and O–H groups in total. The van der Waals surface area contributed by atoms with Gasteiger partial charge >= 0.3 is 0 Å². The first kappa shape index (κ1) is 16.1. The third-order valence-electron chi connectivity index (χ3n) is 3.38. The van der Waals surface area contributed by atoms with E-state index < -0.39 is 11.6 Å². The number of alkyl halides is 1. The van der Waals surface area contributed by atoms with Crippen molar-refractivity contribution in [2.45, 2.75) is 17.7 Å². The Morgan fingerprint density at radius 2 is 1.67 bits per heavy atom. The van der Waals surface area contributed by atoms with Crippen molar-refractivity contribution in [2.24, 2.45) is 0 Å². The van der Waals surface area contributed by atoms with E-state index in [1.54, 1.807) is 7.11 Å². The first-order valence-electron chi connectivity index (χ1n) is 6.76. The molecule has 0 aliphatic rings. The molecule has 0 aromatic heterocycles. The lowest BCUT2D eigenvalue weighted by Crippen LogP contribution is -2.02. The van der Waals surface area contributed by atoms with Crippen molar-refractivity contribution in [3.8, 4) is 0 Å². The maximum absolute atomic E-state index is 13.7. The summed E-state index contributed by atoms with van der Waals surface area (Å²) < 4.78 is 32.3. The third kappa shape index (κ3) is 4.35. The molecule has 0 bridgehead atoms. The molecule has 2 aromatic rings. The standard InChI is InChI=1S/C17H17BrF2O/c1-21-10-9-12-5-7-13(8-6-12)15(18)11-14-16(19)3-2-4-17(14)20/h2-8,15H,9-11H2,1H3. The smallest absolute Gasteiger partial charge is 0.129 e. The van der Waals surface area contributed by atoms with Gasteiger partial charge in [-0.05, 0) is 36.1 Å². The van der Waals surface area contributed by atoms with Crippen LogP contribution in [0.2, 0.25) is 0 Å². The molecule has 2 rings (SSSR count). The van der Waals surface area contributed by atoms with E-state index >= 15 is 0 Å². The van der Waals surface area contributed by atoms with E-state index in [9.17, 15) is 8.78 Å². The number of ether oxygens (including phenoxy) is 1. The lowest BCUT2D eigenvalue weighted by Gasteiger charge is -2.12. The zero-order valence-electron chi connectivity index (χ0n) is 11.8. The van der Waals surface area contributed by atoms with Gasteiger partial charge in [0.15, 0.2) is 0 Å². The Bertz CT molecular complexity index is 564. The topological polar surface area (TPSA) is 9.23 Å². The van der Waals surface area contributed by atoms with Crippen LogP contribution in [0.3, 0.4) is 0 Å². The van der Waals surface area contributed by atoms with Crippen molar-refractivity contribution in [1.29, 1.82) is 0 Å². The molecule has 112 valence electrons. The number of hydrogen-bond donors (Lipinski definition) is 0. The van der Waals surface area contributed by atoms with Gasteiger partial charge in [0.25, 0.3) is 0 Å². The van der Waals surface area contributed by atoms with Gasteiger partial charge in [-0.1, -0.05) is 46.3 Å². The molecule has 0 radical (unpaired) electrons. The van der Waals surface area contributed by atoms with Gasteiger partial charge in [0.1, 0.15) is 11.6 Å². The molecule has 1 unspecified atom stereocenters. The second-order valence-corrected chi connectivity index (χ2v) is 5.96. The fourth-order valence-corrected chi connectivity index (χ4v) is 2.77. The summed E-state index contributed by atoms with van der Waals surface area (Å²) in [6.07, 6.45) is 1.13. The molecule has 0 heterocycles. The van der Waals surface area contributed by atoms with Crippen LogP contribution in [-0.4, -0.2) is 13.7 Å². The molecule has 0 saturated carbocycles. The van der Waals surface area contributed by atoms with Gasteiger partial charge in [0, 0.05) is 17.5 Å². The highest BCUT2D eigenvalue weighted by Gasteiger charge is 2.15. The van der Waals surface area contributed by atoms with Gasteiger partial charge in [0.05, 0.1) is 6.61 Å². The minimum Gasteiger partial charge on any atom is -0.384 e. The van der Waals surface area contributed by atoms with E-state index in [0.717, 1.165) is 12.0 Å². The predicted molar refractivity (Wildman–Crippen MR) is 83.8 cm³/mol. The summed E-state index contributed by atoms with van der Waals surface area (Å²) in [5, 5.41) is 0. The molecular formula is C17H17BrF2O. The summed E-state index contributed by atoms with van der Waals surface area (Å²) in [6.45, 7) is 0.678. The van der Waals surface area contributed by atoms with Crippen LogP contribution in [-0.2, 0) is 17.6 Å². The first-order valence-corrected chi connectivity index (χ1v) is 7.68. The summed E-state index contributed by atoms with van der Waals surface area (Å²) >= 11 is 3.51. The fraction of sp³-hybridized carbons (Fsp3) is 0.294. The molecule has 4 heteroatoms. The lowest BCUT2D eigenvalue weighted by molar-refractivity contribution is 0.202. The molecule has 2 aromatic carbocycles.